The van der Waals surface area contributed by atoms with Gasteiger partial charge in [0.25, 0.3) is 0 Å². The Morgan fingerprint density at radius 3 is 2.43 bits per heavy atom. The van der Waals surface area contributed by atoms with Crippen LogP contribution in [0.1, 0.15) is 17.5 Å². The van der Waals surface area contributed by atoms with Crippen LogP contribution in [0.25, 0.3) is 0 Å². The molecule has 0 radical (unpaired) electrons. The number of hydrogen-bond acceptors (Lipinski definition) is 1. The van der Waals surface area contributed by atoms with Gasteiger partial charge in [0.15, 0.2) is 5.96 Å². The minimum absolute atomic E-state index is 0. The molecule has 0 bridgehead atoms. The summed E-state index contributed by atoms with van der Waals surface area (Å²) in [7, 11) is 3.36. The first-order valence-corrected chi connectivity index (χ1v) is 6.36. The van der Waals surface area contributed by atoms with Gasteiger partial charge >= 0.3 is 6.18 Å². The maximum Gasteiger partial charge on any atom is 0.390 e. The van der Waals surface area contributed by atoms with Crippen molar-refractivity contribution in [1.29, 1.82) is 0 Å². The molecule has 0 saturated carbocycles. The molecule has 0 fully saturated rings. The number of aliphatic imine (C=N–C) groups is 1. The second-order valence-corrected chi connectivity index (χ2v) is 4.62. The molecule has 0 atom stereocenters. The molecule has 0 saturated heterocycles. The third-order valence-corrected chi connectivity index (χ3v) is 2.93. The van der Waals surface area contributed by atoms with E-state index in [2.05, 4.69) is 10.3 Å². The second-order valence-electron chi connectivity index (χ2n) is 4.62. The van der Waals surface area contributed by atoms with Crippen molar-refractivity contribution in [2.45, 2.75) is 26.1 Å². The van der Waals surface area contributed by atoms with E-state index in [1.165, 1.54) is 0 Å². The first-order chi connectivity index (χ1) is 9.33. The van der Waals surface area contributed by atoms with Crippen LogP contribution in [0.15, 0.2) is 29.3 Å². The first-order valence-electron chi connectivity index (χ1n) is 6.36. The van der Waals surface area contributed by atoms with Crippen LogP contribution in [-0.4, -0.2) is 37.7 Å². The van der Waals surface area contributed by atoms with E-state index in [0.717, 1.165) is 11.1 Å². The summed E-state index contributed by atoms with van der Waals surface area (Å²) >= 11 is 0. The molecule has 0 unspecified atom stereocenters. The summed E-state index contributed by atoms with van der Waals surface area (Å²) in [6.45, 7) is 2.43. The largest absolute Gasteiger partial charge is 0.390 e. The fourth-order valence-electron chi connectivity index (χ4n) is 1.82. The average molecular weight is 415 g/mol. The Kier molecular flexibility index (Phi) is 8.68. The summed E-state index contributed by atoms with van der Waals surface area (Å²) in [6, 6.07) is 7.89. The van der Waals surface area contributed by atoms with Gasteiger partial charge in [-0.15, -0.1) is 24.0 Å². The van der Waals surface area contributed by atoms with Crippen LogP contribution >= 0.6 is 24.0 Å². The smallest absolute Gasteiger partial charge is 0.356 e. The SMILES string of the molecule is CN=C(NCCC(F)(F)F)N(C)Cc1ccccc1C.I. The lowest BCUT2D eigenvalue weighted by Gasteiger charge is -2.23. The summed E-state index contributed by atoms with van der Waals surface area (Å²) in [5.41, 5.74) is 2.26. The molecule has 3 nitrogen and oxygen atoms in total. The van der Waals surface area contributed by atoms with Gasteiger partial charge in [-0.05, 0) is 18.1 Å². The number of halogens is 4. The number of alkyl halides is 3. The van der Waals surface area contributed by atoms with E-state index < -0.39 is 12.6 Å². The Labute approximate surface area is 140 Å². The highest BCUT2D eigenvalue weighted by atomic mass is 127. The fourth-order valence-corrected chi connectivity index (χ4v) is 1.82. The van der Waals surface area contributed by atoms with Gasteiger partial charge in [0.1, 0.15) is 0 Å². The highest BCUT2D eigenvalue weighted by Crippen LogP contribution is 2.18. The van der Waals surface area contributed by atoms with E-state index in [9.17, 15) is 13.2 Å². The summed E-state index contributed by atoms with van der Waals surface area (Å²) in [6.07, 6.45) is -5.02. The van der Waals surface area contributed by atoms with Crippen molar-refractivity contribution >= 4 is 29.9 Å². The van der Waals surface area contributed by atoms with Crippen molar-refractivity contribution in [2.75, 3.05) is 20.6 Å². The van der Waals surface area contributed by atoms with Crippen LogP contribution in [0.2, 0.25) is 0 Å². The summed E-state index contributed by atoms with van der Waals surface area (Å²) < 4.78 is 36.4. The zero-order chi connectivity index (χ0) is 15.2. The van der Waals surface area contributed by atoms with Crippen molar-refractivity contribution in [3.63, 3.8) is 0 Å². The third-order valence-electron chi connectivity index (χ3n) is 2.93. The number of benzene rings is 1. The Morgan fingerprint density at radius 1 is 1.29 bits per heavy atom. The molecule has 0 heterocycles. The Bertz CT molecular complexity index is 461. The van der Waals surface area contributed by atoms with Gasteiger partial charge in [-0.1, -0.05) is 24.3 Å². The fraction of sp³-hybridized carbons (Fsp3) is 0.500. The number of guanidine groups is 1. The van der Waals surface area contributed by atoms with Crippen LogP contribution in [0.3, 0.4) is 0 Å². The summed E-state index contributed by atoms with van der Waals surface area (Å²) in [4.78, 5) is 5.80. The molecule has 1 rings (SSSR count). The lowest BCUT2D eigenvalue weighted by Crippen LogP contribution is -2.40. The zero-order valence-electron chi connectivity index (χ0n) is 12.4. The molecule has 120 valence electrons. The predicted octanol–water partition coefficient (Wildman–Crippen LogP) is 3.57. The maximum absolute atomic E-state index is 12.1. The summed E-state index contributed by atoms with van der Waals surface area (Å²) in [5, 5.41) is 2.72. The molecule has 7 heteroatoms. The Morgan fingerprint density at radius 2 is 1.90 bits per heavy atom. The van der Waals surface area contributed by atoms with Gasteiger partial charge in [0.2, 0.25) is 0 Å². The molecule has 0 aliphatic carbocycles. The molecule has 1 aromatic carbocycles. The molecular formula is C14H21F3IN3. The lowest BCUT2D eigenvalue weighted by atomic mass is 10.1. The second kappa shape index (κ2) is 9.11. The van der Waals surface area contributed by atoms with E-state index in [1.807, 2.05) is 31.2 Å². The number of rotatable bonds is 4. The van der Waals surface area contributed by atoms with Crippen LogP contribution in [0.5, 0.6) is 0 Å². The highest BCUT2D eigenvalue weighted by molar-refractivity contribution is 14.0. The quantitative estimate of drug-likeness (QED) is 0.463. The van der Waals surface area contributed by atoms with Crippen molar-refractivity contribution < 1.29 is 13.2 Å². The van der Waals surface area contributed by atoms with Gasteiger partial charge in [-0.2, -0.15) is 13.2 Å². The minimum Gasteiger partial charge on any atom is -0.356 e. The zero-order valence-corrected chi connectivity index (χ0v) is 14.7. The van der Waals surface area contributed by atoms with E-state index >= 15 is 0 Å². The average Bonchev–Trinajstić information content (AvgIpc) is 2.36. The van der Waals surface area contributed by atoms with E-state index in [1.54, 1.807) is 19.0 Å². The number of hydrogen-bond donors (Lipinski definition) is 1. The van der Waals surface area contributed by atoms with Crippen molar-refractivity contribution in [3.8, 4) is 0 Å². The topological polar surface area (TPSA) is 27.6 Å². The molecular weight excluding hydrogens is 394 g/mol. The number of aryl methyl sites for hydroxylation is 1. The maximum atomic E-state index is 12.1. The van der Waals surface area contributed by atoms with Gasteiger partial charge in [-0.3, -0.25) is 4.99 Å². The normalized spacial score (nSPS) is 11.8. The van der Waals surface area contributed by atoms with E-state index in [4.69, 9.17) is 0 Å². The van der Waals surface area contributed by atoms with Crippen LogP contribution < -0.4 is 5.32 Å². The Hall–Kier alpha value is -0.990. The molecule has 1 N–H and O–H groups in total. The minimum atomic E-state index is -4.15. The molecule has 1 aromatic rings. The monoisotopic (exact) mass is 415 g/mol. The van der Waals surface area contributed by atoms with Crippen molar-refractivity contribution in [1.82, 2.24) is 10.2 Å². The Balaban J connectivity index is 0.00000400. The molecule has 0 aromatic heterocycles. The summed E-state index contributed by atoms with van der Waals surface area (Å²) in [5.74, 6) is 0.456. The molecule has 21 heavy (non-hydrogen) atoms. The molecule has 0 aliphatic rings. The third kappa shape index (κ3) is 7.54. The standard InChI is InChI=1S/C14H20F3N3.HI/c1-11-6-4-5-7-12(11)10-20(3)13(18-2)19-9-8-14(15,16)17;/h4-7H,8-10H2,1-3H3,(H,18,19);1H. The van der Waals surface area contributed by atoms with Crippen LogP contribution in [0.4, 0.5) is 13.2 Å². The van der Waals surface area contributed by atoms with Crippen molar-refractivity contribution in [3.05, 3.63) is 35.4 Å². The van der Waals surface area contributed by atoms with Gasteiger partial charge in [0.05, 0.1) is 6.42 Å². The predicted molar refractivity (Wildman–Crippen MR) is 90.1 cm³/mol. The van der Waals surface area contributed by atoms with E-state index in [-0.39, 0.29) is 30.5 Å². The number of nitrogens with one attached hydrogen (secondary N) is 1. The highest BCUT2D eigenvalue weighted by Gasteiger charge is 2.26. The molecule has 0 spiro atoms. The first kappa shape index (κ1) is 20.0. The lowest BCUT2D eigenvalue weighted by molar-refractivity contribution is -0.132. The van der Waals surface area contributed by atoms with Gasteiger partial charge in [-0.25, -0.2) is 0 Å². The van der Waals surface area contributed by atoms with Gasteiger partial charge in [0, 0.05) is 27.2 Å². The molecule has 0 aliphatic heterocycles. The van der Waals surface area contributed by atoms with Crippen LogP contribution in [0, 0.1) is 6.92 Å². The number of nitrogens with zero attached hydrogens (tertiary/aromatic N) is 2. The van der Waals surface area contributed by atoms with Gasteiger partial charge < -0.3 is 10.2 Å². The van der Waals surface area contributed by atoms with Crippen molar-refractivity contribution in [2.24, 2.45) is 4.99 Å². The van der Waals surface area contributed by atoms with Crippen LogP contribution in [-0.2, 0) is 6.54 Å². The van der Waals surface area contributed by atoms with E-state index in [0.29, 0.717) is 12.5 Å². The molecule has 0 amide bonds.